The maximum atomic E-state index is 11.9. The van der Waals surface area contributed by atoms with E-state index in [1.807, 2.05) is 34.6 Å². The molecule has 0 amide bonds. The van der Waals surface area contributed by atoms with Crippen LogP contribution in [0, 0.1) is 11.8 Å². The van der Waals surface area contributed by atoms with Gasteiger partial charge in [-0.1, -0.05) is 27.7 Å². The molecule has 2 N–H and O–H groups in total. The minimum atomic E-state index is -3.12. The molecule has 0 radical (unpaired) electrons. The summed E-state index contributed by atoms with van der Waals surface area (Å²) >= 11 is 5.58. The van der Waals surface area contributed by atoms with Crippen molar-refractivity contribution in [1.82, 2.24) is 19.5 Å². The van der Waals surface area contributed by atoms with Gasteiger partial charge in [-0.3, -0.25) is 18.6 Å². The molecule has 0 aliphatic heterocycles. The van der Waals surface area contributed by atoms with Crippen molar-refractivity contribution in [2.45, 2.75) is 73.0 Å². The van der Waals surface area contributed by atoms with Crippen LogP contribution in [0.1, 0.15) is 60.3 Å². The van der Waals surface area contributed by atoms with E-state index in [-0.39, 0.29) is 38.9 Å². The number of nitrogens with zero attached hydrogens (tertiary/aromatic N) is 4. The lowest BCUT2D eigenvalue weighted by Gasteiger charge is -2.24. The Kier molecular flexibility index (Phi) is 12.8. The van der Waals surface area contributed by atoms with E-state index in [4.69, 9.17) is 40.8 Å². The van der Waals surface area contributed by atoms with Gasteiger partial charge < -0.3 is 24.5 Å². The third-order valence-electron chi connectivity index (χ3n) is 5.19. The molecule has 2 rings (SSSR count). The SMILES string of the molecule is CC(C)CCC(=O)OCOP(=S)(CO[C@H](C)Cn1cnc2c(N)ncnc21)OCOC(=O)CCC(C)C. The minimum Gasteiger partial charge on any atom is -0.438 e. The second-order valence-electron chi connectivity index (χ2n) is 9.44. The van der Waals surface area contributed by atoms with Gasteiger partial charge in [0.1, 0.15) is 18.2 Å². The first kappa shape index (κ1) is 31.0. The zero-order chi connectivity index (χ0) is 27.4. The molecule has 2 heterocycles. The average molecular weight is 560 g/mol. The third-order valence-corrected chi connectivity index (χ3v) is 7.60. The normalized spacial score (nSPS) is 12.8. The van der Waals surface area contributed by atoms with Crippen molar-refractivity contribution in [3.8, 4) is 0 Å². The van der Waals surface area contributed by atoms with E-state index >= 15 is 0 Å². The summed E-state index contributed by atoms with van der Waals surface area (Å²) in [5, 5.41) is 0. The number of nitrogen functional groups attached to an aromatic ring is 1. The van der Waals surface area contributed by atoms with Crippen molar-refractivity contribution in [2.75, 3.05) is 25.7 Å². The molecule has 2 aromatic heterocycles. The maximum Gasteiger partial charge on any atom is 0.307 e. The first-order valence-corrected chi connectivity index (χ1v) is 15.0. The van der Waals surface area contributed by atoms with Crippen LogP contribution in [0.25, 0.3) is 11.2 Å². The predicted molar refractivity (Wildman–Crippen MR) is 142 cm³/mol. The molecule has 0 aliphatic carbocycles. The number of ether oxygens (including phenoxy) is 3. The van der Waals surface area contributed by atoms with Crippen LogP contribution in [0.15, 0.2) is 12.7 Å². The van der Waals surface area contributed by atoms with Crippen LogP contribution in [0.4, 0.5) is 5.82 Å². The number of hydrogen-bond acceptors (Lipinski definition) is 12. The van der Waals surface area contributed by atoms with Crippen molar-refractivity contribution in [3.63, 3.8) is 0 Å². The minimum absolute atomic E-state index is 0.0969. The lowest BCUT2D eigenvalue weighted by molar-refractivity contribution is -0.152. The van der Waals surface area contributed by atoms with E-state index in [9.17, 15) is 9.59 Å². The van der Waals surface area contributed by atoms with Gasteiger partial charge in [-0.2, -0.15) is 0 Å². The number of carbonyl (C=O) groups is 2. The fraction of sp³-hybridized carbons (Fsp3) is 0.696. The Labute approximate surface area is 222 Å². The maximum absolute atomic E-state index is 11.9. The lowest BCUT2D eigenvalue weighted by atomic mass is 10.1. The van der Waals surface area contributed by atoms with Crippen LogP contribution in [-0.2, 0) is 51.2 Å². The quantitative estimate of drug-likeness (QED) is 0.170. The number of fused-ring (bicyclic) bond motifs is 1. The first-order valence-electron chi connectivity index (χ1n) is 12.2. The van der Waals surface area contributed by atoms with E-state index in [1.165, 1.54) is 6.33 Å². The average Bonchev–Trinajstić information content (AvgIpc) is 3.24. The Morgan fingerprint density at radius 3 is 2.08 bits per heavy atom. The molecule has 0 saturated heterocycles. The molecular formula is C23H38N5O7PS. The van der Waals surface area contributed by atoms with Gasteiger partial charge in [0.2, 0.25) is 6.49 Å². The Morgan fingerprint density at radius 2 is 1.54 bits per heavy atom. The summed E-state index contributed by atoms with van der Waals surface area (Å²) in [6.45, 7) is 6.44. The van der Waals surface area contributed by atoms with Crippen LogP contribution in [-0.4, -0.2) is 57.5 Å². The van der Waals surface area contributed by atoms with E-state index in [0.29, 0.717) is 48.2 Å². The molecule has 1 atom stereocenters. The highest BCUT2D eigenvalue weighted by Crippen LogP contribution is 2.49. The number of aromatic nitrogens is 4. The second-order valence-corrected chi connectivity index (χ2v) is 13.1. The van der Waals surface area contributed by atoms with Crippen molar-refractivity contribution in [3.05, 3.63) is 12.7 Å². The molecule has 37 heavy (non-hydrogen) atoms. The molecule has 208 valence electrons. The molecule has 0 spiro atoms. The van der Waals surface area contributed by atoms with E-state index in [2.05, 4.69) is 15.0 Å². The number of imidazole rings is 1. The van der Waals surface area contributed by atoms with Gasteiger partial charge in [0.15, 0.2) is 25.1 Å². The van der Waals surface area contributed by atoms with Crippen molar-refractivity contribution >= 4 is 47.2 Å². The van der Waals surface area contributed by atoms with Gasteiger partial charge in [0, 0.05) is 12.8 Å². The second kappa shape index (κ2) is 15.3. The van der Waals surface area contributed by atoms with Crippen LogP contribution >= 0.6 is 6.49 Å². The third kappa shape index (κ3) is 11.4. The van der Waals surface area contributed by atoms with E-state index < -0.39 is 18.4 Å². The number of esters is 2. The van der Waals surface area contributed by atoms with Gasteiger partial charge in [0.25, 0.3) is 0 Å². The van der Waals surface area contributed by atoms with Gasteiger partial charge in [-0.25, -0.2) is 15.0 Å². The van der Waals surface area contributed by atoms with Crippen molar-refractivity contribution in [1.29, 1.82) is 0 Å². The fourth-order valence-corrected chi connectivity index (χ4v) is 4.52. The van der Waals surface area contributed by atoms with Crippen molar-refractivity contribution < 1.29 is 32.8 Å². The van der Waals surface area contributed by atoms with E-state index in [1.54, 1.807) is 10.9 Å². The molecule has 0 aromatic carbocycles. The highest BCUT2D eigenvalue weighted by molar-refractivity contribution is 8.09. The Hall–Kier alpha value is -2.18. The van der Waals surface area contributed by atoms with Crippen LogP contribution in [0.3, 0.4) is 0 Å². The molecule has 2 aromatic rings. The predicted octanol–water partition coefficient (Wildman–Crippen LogP) is 3.99. The highest BCUT2D eigenvalue weighted by Gasteiger charge is 2.24. The first-order chi connectivity index (χ1) is 17.5. The number of nitrogens with two attached hydrogens (primary N) is 1. The topological polar surface area (TPSA) is 150 Å². The van der Waals surface area contributed by atoms with Crippen LogP contribution in [0.2, 0.25) is 0 Å². The molecule has 12 nitrogen and oxygen atoms in total. The summed E-state index contributed by atoms with van der Waals surface area (Å²) in [7, 11) is 0. The summed E-state index contributed by atoms with van der Waals surface area (Å²) in [6, 6.07) is 0. The largest absolute Gasteiger partial charge is 0.438 e. The summed E-state index contributed by atoms with van der Waals surface area (Å²) in [5.74, 6) is 0.257. The lowest BCUT2D eigenvalue weighted by Crippen LogP contribution is -2.19. The molecule has 14 heteroatoms. The zero-order valence-corrected chi connectivity index (χ0v) is 23.8. The number of carbonyl (C=O) groups excluding carboxylic acids is 2. The molecule has 0 fully saturated rings. The Balaban J connectivity index is 1.93. The summed E-state index contributed by atoms with van der Waals surface area (Å²) in [6.07, 6.45) is 4.49. The van der Waals surface area contributed by atoms with Gasteiger partial charge >= 0.3 is 11.9 Å². The van der Waals surface area contributed by atoms with Crippen LogP contribution < -0.4 is 5.73 Å². The number of hydrogen-bond donors (Lipinski definition) is 1. The van der Waals surface area contributed by atoms with E-state index in [0.717, 1.165) is 0 Å². The summed E-state index contributed by atoms with van der Waals surface area (Å²) in [4.78, 5) is 36.3. The number of anilines is 1. The Morgan fingerprint density at radius 1 is 0.973 bits per heavy atom. The monoisotopic (exact) mass is 559 g/mol. The standard InChI is InChI=1S/C23H38N5O7PS/c1-16(2)6-8-19(29)31-13-34-36(37,35-14-32-20(30)9-7-17(3)4)15-33-18(5)10-28-12-27-21-22(24)25-11-26-23(21)28/h11-12,16-18H,6-10,13-15H2,1-5H3,(H2,24,25,26)/t18-/m1/s1. The summed E-state index contributed by atoms with van der Waals surface area (Å²) in [5.41, 5.74) is 6.93. The highest BCUT2D eigenvalue weighted by atomic mass is 32.5. The fourth-order valence-electron chi connectivity index (χ4n) is 2.99. The molecule has 0 bridgehead atoms. The van der Waals surface area contributed by atoms with Gasteiger partial charge in [0.05, 0.1) is 19.0 Å². The molecular weight excluding hydrogens is 521 g/mol. The summed E-state index contributed by atoms with van der Waals surface area (Å²) < 4.78 is 29.3. The van der Waals surface area contributed by atoms with Gasteiger partial charge in [-0.05, 0) is 43.4 Å². The zero-order valence-electron chi connectivity index (χ0n) is 22.1. The smallest absolute Gasteiger partial charge is 0.307 e. The molecule has 0 unspecified atom stereocenters. The van der Waals surface area contributed by atoms with Gasteiger partial charge in [-0.15, -0.1) is 0 Å². The van der Waals surface area contributed by atoms with Crippen molar-refractivity contribution in [2.24, 2.45) is 11.8 Å². The number of rotatable bonds is 17. The molecule has 0 saturated carbocycles. The van der Waals surface area contributed by atoms with Crippen LogP contribution in [0.5, 0.6) is 0 Å². The Bertz CT molecular complexity index is 1030. The molecule has 0 aliphatic rings.